The minimum atomic E-state index is -0.496. The van der Waals surface area contributed by atoms with E-state index in [2.05, 4.69) is 9.88 Å². The molecule has 0 spiro atoms. The SMILES string of the molecule is CCOC(=O)c1ccc(OC(=O)c2cc(N3CCOCC3)cc[nH+]2)cc1. The molecule has 1 saturated heterocycles. The minimum Gasteiger partial charge on any atom is -0.462 e. The molecule has 26 heavy (non-hydrogen) atoms. The number of esters is 2. The van der Waals surface area contributed by atoms with Crippen LogP contribution in [0.1, 0.15) is 27.8 Å². The molecule has 7 heteroatoms. The van der Waals surface area contributed by atoms with Crippen molar-refractivity contribution in [3.8, 4) is 5.75 Å². The van der Waals surface area contributed by atoms with E-state index in [4.69, 9.17) is 14.2 Å². The lowest BCUT2D eigenvalue weighted by molar-refractivity contribution is -0.383. The van der Waals surface area contributed by atoms with Gasteiger partial charge in [0.15, 0.2) is 6.20 Å². The minimum absolute atomic E-state index is 0.310. The Morgan fingerprint density at radius 2 is 1.85 bits per heavy atom. The van der Waals surface area contributed by atoms with Crippen LogP contribution >= 0.6 is 0 Å². The average molecular weight is 357 g/mol. The number of morpholine rings is 1. The van der Waals surface area contributed by atoms with E-state index >= 15 is 0 Å². The number of carbonyl (C=O) groups is 2. The van der Waals surface area contributed by atoms with Gasteiger partial charge in [-0.1, -0.05) is 0 Å². The quantitative estimate of drug-likeness (QED) is 0.599. The van der Waals surface area contributed by atoms with Gasteiger partial charge in [-0.2, -0.15) is 0 Å². The van der Waals surface area contributed by atoms with Crippen LogP contribution in [0.3, 0.4) is 0 Å². The van der Waals surface area contributed by atoms with Gasteiger partial charge in [0, 0.05) is 30.9 Å². The number of pyridine rings is 1. The van der Waals surface area contributed by atoms with Crippen LogP contribution in [-0.4, -0.2) is 44.8 Å². The summed E-state index contributed by atoms with van der Waals surface area (Å²) in [6.07, 6.45) is 1.71. The van der Waals surface area contributed by atoms with Crippen molar-refractivity contribution in [1.29, 1.82) is 0 Å². The highest BCUT2D eigenvalue weighted by atomic mass is 16.5. The first kappa shape index (κ1) is 17.9. The zero-order chi connectivity index (χ0) is 18.4. The maximum Gasteiger partial charge on any atom is 0.409 e. The fourth-order valence-electron chi connectivity index (χ4n) is 2.63. The largest absolute Gasteiger partial charge is 0.462 e. The molecular weight excluding hydrogens is 336 g/mol. The Labute approximate surface area is 151 Å². The Balaban J connectivity index is 1.67. The van der Waals surface area contributed by atoms with Gasteiger partial charge in [0.1, 0.15) is 5.75 Å². The molecule has 0 saturated carbocycles. The first-order valence-electron chi connectivity index (χ1n) is 8.51. The molecule has 0 unspecified atom stereocenters. The Morgan fingerprint density at radius 1 is 1.12 bits per heavy atom. The van der Waals surface area contributed by atoms with Crippen molar-refractivity contribution in [2.24, 2.45) is 0 Å². The third-order valence-electron chi connectivity index (χ3n) is 3.96. The van der Waals surface area contributed by atoms with Crippen molar-refractivity contribution in [2.75, 3.05) is 37.8 Å². The maximum atomic E-state index is 12.4. The maximum absolute atomic E-state index is 12.4. The van der Waals surface area contributed by atoms with E-state index in [-0.39, 0.29) is 0 Å². The molecule has 1 aromatic carbocycles. The van der Waals surface area contributed by atoms with Crippen molar-refractivity contribution >= 4 is 17.6 Å². The summed E-state index contributed by atoms with van der Waals surface area (Å²) in [7, 11) is 0. The fourth-order valence-corrected chi connectivity index (χ4v) is 2.63. The van der Waals surface area contributed by atoms with Crippen LogP contribution < -0.4 is 14.6 Å². The number of anilines is 1. The summed E-state index contributed by atoms with van der Waals surface area (Å²) in [6.45, 7) is 4.97. The summed E-state index contributed by atoms with van der Waals surface area (Å²) in [4.78, 5) is 29.1. The molecule has 0 radical (unpaired) electrons. The first-order valence-corrected chi connectivity index (χ1v) is 8.51. The second kappa shape index (κ2) is 8.44. The van der Waals surface area contributed by atoms with Crippen LogP contribution in [0.2, 0.25) is 0 Å². The van der Waals surface area contributed by atoms with Crippen molar-refractivity contribution in [3.63, 3.8) is 0 Å². The van der Waals surface area contributed by atoms with Crippen LogP contribution in [0.4, 0.5) is 5.69 Å². The van der Waals surface area contributed by atoms with Gasteiger partial charge in [0.25, 0.3) is 5.69 Å². The van der Waals surface area contributed by atoms with Gasteiger partial charge in [-0.3, -0.25) is 0 Å². The van der Waals surface area contributed by atoms with Crippen molar-refractivity contribution in [2.45, 2.75) is 6.92 Å². The highest BCUT2D eigenvalue weighted by Gasteiger charge is 2.20. The number of hydrogen-bond acceptors (Lipinski definition) is 6. The molecule has 1 aliphatic rings. The van der Waals surface area contributed by atoms with Gasteiger partial charge >= 0.3 is 11.9 Å². The van der Waals surface area contributed by atoms with E-state index in [1.54, 1.807) is 43.5 Å². The Bertz CT molecular complexity index is 770. The first-order chi connectivity index (χ1) is 12.7. The molecule has 0 atom stereocenters. The third kappa shape index (κ3) is 4.37. The van der Waals surface area contributed by atoms with Gasteiger partial charge in [0.2, 0.25) is 0 Å². The Kier molecular flexibility index (Phi) is 5.80. The van der Waals surface area contributed by atoms with Crippen molar-refractivity contribution < 1.29 is 28.8 Å². The van der Waals surface area contributed by atoms with Crippen LogP contribution in [0, 0.1) is 0 Å². The van der Waals surface area contributed by atoms with Gasteiger partial charge in [-0.25, -0.2) is 14.6 Å². The Hall–Kier alpha value is -2.93. The predicted octanol–water partition coefficient (Wildman–Crippen LogP) is 1.73. The molecule has 0 amide bonds. The monoisotopic (exact) mass is 357 g/mol. The lowest BCUT2D eigenvalue weighted by atomic mass is 10.2. The lowest BCUT2D eigenvalue weighted by Crippen LogP contribution is -2.36. The molecular formula is C19H21N2O5+. The van der Waals surface area contributed by atoms with E-state index < -0.39 is 11.9 Å². The molecule has 0 aliphatic carbocycles. The number of aromatic amines is 1. The second-order valence-electron chi connectivity index (χ2n) is 5.69. The molecule has 7 nitrogen and oxygen atoms in total. The number of carbonyl (C=O) groups excluding carboxylic acids is 2. The number of ether oxygens (including phenoxy) is 3. The van der Waals surface area contributed by atoms with Gasteiger partial charge in [-0.05, 0) is 31.2 Å². The van der Waals surface area contributed by atoms with Crippen LogP contribution in [0.25, 0.3) is 0 Å². The molecule has 3 rings (SSSR count). The zero-order valence-corrected chi connectivity index (χ0v) is 14.6. The fraction of sp³-hybridized carbons (Fsp3) is 0.316. The summed E-state index contributed by atoms with van der Waals surface area (Å²) < 4.78 is 15.6. The molecule has 136 valence electrons. The summed E-state index contributed by atoms with van der Waals surface area (Å²) >= 11 is 0. The van der Waals surface area contributed by atoms with Gasteiger partial charge in [0.05, 0.1) is 25.4 Å². The molecule has 2 heterocycles. The summed E-state index contributed by atoms with van der Waals surface area (Å²) in [6, 6.07) is 9.94. The molecule has 0 bridgehead atoms. The Morgan fingerprint density at radius 3 is 2.54 bits per heavy atom. The van der Waals surface area contributed by atoms with E-state index in [0.717, 1.165) is 18.8 Å². The van der Waals surface area contributed by atoms with Gasteiger partial charge in [-0.15, -0.1) is 0 Å². The smallest absolute Gasteiger partial charge is 0.409 e. The van der Waals surface area contributed by atoms with Crippen molar-refractivity contribution in [1.82, 2.24) is 0 Å². The summed E-state index contributed by atoms with van der Waals surface area (Å²) in [5, 5.41) is 0. The highest BCUT2D eigenvalue weighted by molar-refractivity contribution is 5.90. The average Bonchev–Trinajstić information content (AvgIpc) is 2.69. The van der Waals surface area contributed by atoms with Crippen LogP contribution in [-0.2, 0) is 9.47 Å². The third-order valence-corrected chi connectivity index (χ3v) is 3.96. The lowest BCUT2D eigenvalue weighted by Gasteiger charge is -2.28. The second-order valence-corrected chi connectivity index (χ2v) is 5.69. The summed E-state index contributed by atoms with van der Waals surface area (Å²) in [5.74, 6) is -0.547. The van der Waals surface area contributed by atoms with Crippen LogP contribution in [0.15, 0.2) is 42.6 Å². The molecule has 1 fully saturated rings. The number of nitrogens with one attached hydrogen (secondary N) is 1. The molecule has 1 aliphatic heterocycles. The zero-order valence-electron chi connectivity index (χ0n) is 14.6. The van der Waals surface area contributed by atoms with E-state index in [1.807, 2.05) is 6.07 Å². The predicted molar refractivity (Wildman–Crippen MR) is 93.4 cm³/mol. The number of rotatable bonds is 5. The standard InChI is InChI=1S/C19H20N2O5/c1-2-25-18(22)14-3-5-16(6-4-14)26-19(23)17-13-15(7-8-20-17)21-9-11-24-12-10-21/h3-8,13H,2,9-12H2,1H3/p+1. The van der Waals surface area contributed by atoms with Crippen LogP contribution in [0.5, 0.6) is 5.75 Å². The number of H-pyrrole nitrogens is 1. The number of aromatic nitrogens is 1. The van der Waals surface area contributed by atoms with Gasteiger partial charge < -0.3 is 19.1 Å². The number of hydrogen-bond donors (Lipinski definition) is 0. The molecule has 1 aromatic heterocycles. The van der Waals surface area contributed by atoms with E-state index in [0.29, 0.717) is 36.8 Å². The van der Waals surface area contributed by atoms with E-state index in [1.165, 1.54) is 0 Å². The number of nitrogens with zero attached hydrogens (tertiary/aromatic N) is 1. The van der Waals surface area contributed by atoms with E-state index in [9.17, 15) is 9.59 Å². The molecule has 1 N–H and O–H groups in total. The van der Waals surface area contributed by atoms with Crippen molar-refractivity contribution in [3.05, 3.63) is 53.9 Å². The number of benzene rings is 1. The normalized spacial score (nSPS) is 14.0. The highest BCUT2D eigenvalue weighted by Crippen LogP contribution is 2.17. The topological polar surface area (TPSA) is 79.2 Å². The summed E-state index contributed by atoms with van der Waals surface area (Å²) in [5.41, 5.74) is 1.70. The molecule has 2 aromatic rings.